The van der Waals surface area contributed by atoms with Crippen molar-refractivity contribution in [2.24, 2.45) is 0 Å². The zero-order chi connectivity index (χ0) is 24.8. The fourth-order valence-corrected chi connectivity index (χ4v) is 4.99. The predicted octanol–water partition coefficient (Wildman–Crippen LogP) is 3.55. The van der Waals surface area contributed by atoms with Gasteiger partial charge >= 0.3 is 5.97 Å². The summed E-state index contributed by atoms with van der Waals surface area (Å²) in [7, 11) is -2.82. The number of benzene rings is 3. The second kappa shape index (κ2) is 10.5. The smallest absolute Gasteiger partial charge is 0.337 e. The summed E-state index contributed by atoms with van der Waals surface area (Å²) >= 11 is 0. The van der Waals surface area contributed by atoms with E-state index in [2.05, 4.69) is 19.8 Å². The Morgan fingerprint density at radius 2 is 1.63 bits per heavy atom. The fourth-order valence-electron chi connectivity index (χ4n) is 3.62. The number of fused-ring (bicyclic) bond motifs is 1. The first kappa shape index (κ1) is 24.1. The van der Waals surface area contributed by atoms with Crippen LogP contribution in [-0.4, -0.2) is 38.4 Å². The largest absolute Gasteiger partial charge is 0.465 e. The van der Waals surface area contributed by atoms with Crippen LogP contribution in [0.4, 0.5) is 5.69 Å². The van der Waals surface area contributed by atoms with Crippen LogP contribution in [0.15, 0.2) is 96.0 Å². The lowest BCUT2D eigenvalue weighted by Crippen LogP contribution is -2.45. The molecule has 1 aromatic heterocycles. The Bertz CT molecular complexity index is 1450. The Labute approximate surface area is 203 Å². The quantitative estimate of drug-likeness (QED) is 0.366. The molecule has 0 bridgehead atoms. The number of para-hydroxylation sites is 1. The number of nitrogens with zero attached hydrogens (tertiary/aromatic N) is 1. The molecule has 4 aromatic rings. The molecular formula is C26H23N3O5S. The van der Waals surface area contributed by atoms with Crippen molar-refractivity contribution < 1.29 is 22.7 Å². The summed E-state index contributed by atoms with van der Waals surface area (Å²) in [6, 6.07) is 22.5. The molecule has 0 saturated heterocycles. The van der Waals surface area contributed by atoms with Gasteiger partial charge in [0.15, 0.2) is 0 Å². The normalized spacial score (nSPS) is 12.1. The second-order valence-electron chi connectivity index (χ2n) is 7.75. The van der Waals surface area contributed by atoms with E-state index in [9.17, 15) is 18.0 Å². The minimum atomic E-state index is -4.10. The van der Waals surface area contributed by atoms with Gasteiger partial charge in [-0.25, -0.2) is 13.2 Å². The zero-order valence-electron chi connectivity index (χ0n) is 18.8. The third-order valence-corrected chi connectivity index (χ3v) is 6.86. The Balaban J connectivity index is 1.62. The molecule has 1 heterocycles. The predicted molar refractivity (Wildman–Crippen MR) is 132 cm³/mol. The van der Waals surface area contributed by atoms with Gasteiger partial charge in [0.05, 0.1) is 18.2 Å². The minimum absolute atomic E-state index is 0.0103. The first-order chi connectivity index (χ1) is 16.9. The van der Waals surface area contributed by atoms with Crippen molar-refractivity contribution in [2.45, 2.75) is 17.4 Å². The standard InChI is InChI=1S/C26H23N3O5S/c1-34-26(31)20-12-14-21(15-13-20)28-25(30)22(17-18-7-3-2-4-8-18)29-35(32,33)23-11-5-9-19-10-6-16-27-24(19)23/h2-16,22,29H,17H2,1H3,(H,28,30)/t22-/m0/s1. The molecule has 0 fully saturated rings. The number of carbonyl (C=O) groups is 2. The summed E-state index contributed by atoms with van der Waals surface area (Å²) in [5.74, 6) is -1.04. The molecular weight excluding hydrogens is 466 g/mol. The van der Waals surface area contributed by atoms with E-state index < -0.39 is 27.9 Å². The minimum Gasteiger partial charge on any atom is -0.465 e. The average molecular weight is 490 g/mol. The number of anilines is 1. The molecule has 1 amide bonds. The molecule has 0 aliphatic carbocycles. The first-order valence-corrected chi connectivity index (χ1v) is 12.2. The number of methoxy groups -OCH3 is 1. The van der Waals surface area contributed by atoms with Gasteiger partial charge < -0.3 is 10.1 Å². The third-order valence-electron chi connectivity index (χ3n) is 5.36. The van der Waals surface area contributed by atoms with E-state index >= 15 is 0 Å². The summed E-state index contributed by atoms with van der Waals surface area (Å²) < 4.78 is 34.0. The van der Waals surface area contributed by atoms with Crippen LogP contribution in [0.25, 0.3) is 10.9 Å². The van der Waals surface area contributed by atoms with Gasteiger partial charge in [-0.2, -0.15) is 4.72 Å². The summed E-state index contributed by atoms with van der Waals surface area (Å²) in [5, 5.41) is 3.40. The highest BCUT2D eigenvalue weighted by atomic mass is 32.2. The molecule has 0 aliphatic heterocycles. The van der Waals surface area contributed by atoms with Crippen LogP contribution in [-0.2, 0) is 26.0 Å². The summed E-state index contributed by atoms with van der Waals surface area (Å²) in [4.78, 5) is 29.1. The number of amides is 1. The molecule has 0 unspecified atom stereocenters. The highest BCUT2D eigenvalue weighted by Crippen LogP contribution is 2.21. The molecule has 0 aliphatic rings. The Morgan fingerprint density at radius 3 is 2.34 bits per heavy atom. The van der Waals surface area contributed by atoms with Gasteiger partial charge in [0.1, 0.15) is 10.9 Å². The molecule has 0 spiro atoms. The van der Waals surface area contributed by atoms with E-state index in [1.54, 1.807) is 36.4 Å². The summed E-state index contributed by atoms with van der Waals surface area (Å²) in [6.45, 7) is 0. The highest BCUT2D eigenvalue weighted by molar-refractivity contribution is 7.89. The van der Waals surface area contributed by atoms with Crippen molar-refractivity contribution in [3.8, 4) is 0 Å². The fraction of sp³-hybridized carbons (Fsp3) is 0.115. The van der Waals surface area contributed by atoms with E-state index in [0.29, 0.717) is 22.2 Å². The molecule has 1 atom stereocenters. The van der Waals surface area contributed by atoms with Gasteiger partial charge in [-0.1, -0.05) is 48.5 Å². The topological polar surface area (TPSA) is 114 Å². The van der Waals surface area contributed by atoms with Crippen LogP contribution in [0.1, 0.15) is 15.9 Å². The number of pyridine rings is 1. The third kappa shape index (κ3) is 5.71. The number of carbonyl (C=O) groups excluding carboxylic acids is 2. The molecule has 0 saturated carbocycles. The van der Waals surface area contributed by atoms with Gasteiger partial charge in [-0.3, -0.25) is 9.78 Å². The number of nitrogens with one attached hydrogen (secondary N) is 2. The van der Waals surface area contributed by atoms with Crippen LogP contribution in [0.2, 0.25) is 0 Å². The van der Waals surface area contributed by atoms with Gasteiger partial charge in [0.25, 0.3) is 0 Å². The lowest BCUT2D eigenvalue weighted by molar-refractivity contribution is -0.117. The van der Waals surface area contributed by atoms with E-state index in [4.69, 9.17) is 0 Å². The summed E-state index contributed by atoms with van der Waals surface area (Å²) in [6.07, 6.45) is 1.65. The monoisotopic (exact) mass is 489 g/mol. The first-order valence-electron chi connectivity index (χ1n) is 10.8. The van der Waals surface area contributed by atoms with Crippen molar-refractivity contribution in [3.05, 3.63) is 102 Å². The number of rotatable bonds is 8. The SMILES string of the molecule is COC(=O)c1ccc(NC(=O)[C@H](Cc2ccccc2)NS(=O)(=O)c2cccc3cccnc23)cc1. The second-order valence-corrected chi connectivity index (χ2v) is 9.44. The van der Waals surface area contributed by atoms with Gasteiger partial charge in [0.2, 0.25) is 15.9 Å². The summed E-state index contributed by atoms with van der Waals surface area (Å²) in [5.41, 5.74) is 1.84. The maximum atomic E-state index is 13.4. The Kier molecular flexibility index (Phi) is 7.19. The van der Waals surface area contributed by atoms with Crippen LogP contribution in [0.5, 0.6) is 0 Å². The number of aromatic nitrogens is 1. The van der Waals surface area contributed by atoms with Crippen molar-refractivity contribution in [2.75, 3.05) is 12.4 Å². The van der Waals surface area contributed by atoms with Crippen molar-refractivity contribution >= 4 is 38.5 Å². The average Bonchev–Trinajstić information content (AvgIpc) is 2.88. The van der Waals surface area contributed by atoms with Crippen molar-refractivity contribution in [1.29, 1.82) is 0 Å². The van der Waals surface area contributed by atoms with Crippen LogP contribution in [0.3, 0.4) is 0 Å². The molecule has 4 rings (SSSR count). The zero-order valence-corrected chi connectivity index (χ0v) is 19.7. The van der Waals surface area contributed by atoms with Gasteiger partial charge in [0, 0.05) is 17.3 Å². The number of hydrogen-bond donors (Lipinski definition) is 2. The van der Waals surface area contributed by atoms with Crippen LogP contribution in [0, 0.1) is 0 Å². The number of esters is 1. The number of ether oxygens (including phenoxy) is 1. The maximum Gasteiger partial charge on any atom is 0.337 e. The van der Waals surface area contributed by atoms with E-state index in [1.165, 1.54) is 31.5 Å². The van der Waals surface area contributed by atoms with Crippen LogP contribution >= 0.6 is 0 Å². The highest BCUT2D eigenvalue weighted by Gasteiger charge is 2.28. The lowest BCUT2D eigenvalue weighted by atomic mass is 10.1. The van der Waals surface area contributed by atoms with Crippen LogP contribution < -0.4 is 10.0 Å². The Morgan fingerprint density at radius 1 is 0.914 bits per heavy atom. The number of hydrogen-bond acceptors (Lipinski definition) is 6. The van der Waals surface area contributed by atoms with Gasteiger partial charge in [-0.15, -0.1) is 0 Å². The van der Waals surface area contributed by atoms with Crippen molar-refractivity contribution in [3.63, 3.8) is 0 Å². The van der Waals surface area contributed by atoms with E-state index in [-0.39, 0.29) is 11.3 Å². The Hall–Kier alpha value is -4.08. The van der Waals surface area contributed by atoms with Crippen molar-refractivity contribution in [1.82, 2.24) is 9.71 Å². The molecule has 178 valence electrons. The molecule has 35 heavy (non-hydrogen) atoms. The molecule has 8 nitrogen and oxygen atoms in total. The van der Waals surface area contributed by atoms with E-state index in [1.807, 2.05) is 30.3 Å². The molecule has 0 radical (unpaired) electrons. The number of sulfonamides is 1. The van der Waals surface area contributed by atoms with E-state index in [0.717, 1.165) is 5.56 Å². The molecule has 3 aromatic carbocycles. The molecule has 2 N–H and O–H groups in total. The van der Waals surface area contributed by atoms with Gasteiger partial charge in [-0.05, 0) is 48.4 Å². The molecule has 9 heteroatoms. The lowest BCUT2D eigenvalue weighted by Gasteiger charge is -2.19. The maximum absolute atomic E-state index is 13.4.